The number of aromatic carboxylic acids is 1. The van der Waals surface area contributed by atoms with E-state index in [1.165, 1.54) is 0 Å². The molecule has 1 aliphatic rings. The first-order valence-electron chi connectivity index (χ1n) is 4.12. The maximum Gasteiger partial charge on any atom is 0.357 e. The number of nitrogens with zero attached hydrogens (tertiary/aromatic N) is 1. The summed E-state index contributed by atoms with van der Waals surface area (Å²) in [6.45, 7) is 0. The lowest BCUT2D eigenvalue weighted by Crippen LogP contribution is -1.98. The molecule has 0 saturated heterocycles. The Balaban J connectivity index is 2.57. The number of hydrogen-bond donors (Lipinski definition) is 2. The van der Waals surface area contributed by atoms with E-state index in [-0.39, 0.29) is 5.69 Å². The van der Waals surface area contributed by atoms with E-state index in [2.05, 4.69) is 10.2 Å². The summed E-state index contributed by atoms with van der Waals surface area (Å²) in [7, 11) is 0. The van der Waals surface area contributed by atoms with Crippen molar-refractivity contribution in [1.29, 1.82) is 0 Å². The molecule has 14 heavy (non-hydrogen) atoms. The zero-order chi connectivity index (χ0) is 9.97. The van der Waals surface area contributed by atoms with Crippen molar-refractivity contribution in [3.8, 4) is 0 Å². The Bertz CT molecular complexity index is 453. The fourth-order valence-corrected chi connectivity index (χ4v) is 1.25. The average molecular weight is 188 g/mol. The van der Waals surface area contributed by atoms with Crippen molar-refractivity contribution in [2.24, 2.45) is 0 Å². The summed E-state index contributed by atoms with van der Waals surface area (Å²) in [5.74, 6) is -1.02. The highest BCUT2D eigenvalue weighted by Gasteiger charge is 2.14. The number of H-pyrrole nitrogens is 1. The summed E-state index contributed by atoms with van der Waals surface area (Å²) < 4.78 is 0. The van der Waals surface area contributed by atoms with Gasteiger partial charge in [-0.2, -0.15) is 5.10 Å². The standard InChI is InChI=1S/C10H8N2O2/c13-10(14)9-7-5-3-1-2-4-6-8(7)11-12-9/h1-6H,(H,11,12)(H,13,14). The molecule has 0 aromatic carbocycles. The van der Waals surface area contributed by atoms with Crippen LogP contribution in [-0.4, -0.2) is 21.3 Å². The average Bonchev–Trinajstić information content (AvgIpc) is 2.47. The molecule has 70 valence electrons. The predicted molar refractivity (Wildman–Crippen MR) is 52.8 cm³/mol. The van der Waals surface area contributed by atoms with Crippen LogP contribution in [0.1, 0.15) is 21.7 Å². The first kappa shape index (κ1) is 8.50. The number of hydrogen-bond acceptors (Lipinski definition) is 2. The minimum absolute atomic E-state index is 0.0520. The second kappa shape index (κ2) is 3.33. The van der Waals surface area contributed by atoms with Crippen molar-refractivity contribution >= 4 is 18.1 Å². The van der Waals surface area contributed by atoms with E-state index in [1.54, 1.807) is 18.2 Å². The van der Waals surface area contributed by atoms with E-state index < -0.39 is 5.97 Å². The van der Waals surface area contributed by atoms with Crippen LogP contribution in [0.3, 0.4) is 0 Å². The Hall–Kier alpha value is -2.10. The summed E-state index contributed by atoms with van der Waals surface area (Å²) in [4.78, 5) is 10.8. The van der Waals surface area contributed by atoms with Gasteiger partial charge in [-0.15, -0.1) is 0 Å². The van der Waals surface area contributed by atoms with Crippen LogP contribution in [0.5, 0.6) is 0 Å². The highest BCUT2D eigenvalue weighted by atomic mass is 16.4. The summed E-state index contributed by atoms with van der Waals surface area (Å²) in [6.07, 6.45) is 10.8. The third-order valence-corrected chi connectivity index (χ3v) is 1.90. The molecule has 0 spiro atoms. The van der Waals surface area contributed by atoms with Gasteiger partial charge < -0.3 is 5.11 Å². The zero-order valence-corrected chi connectivity index (χ0v) is 7.27. The van der Waals surface area contributed by atoms with Crippen molar-refractivity contribution in [3.05, 3.63) is 41.3 Å². The van der Waals surface area contributed by atoms with E-state index in [4.69, 9.17) is 5.11 Å². The lowest BCUT2D eigenvalue weighted by molar-refractivity contribution is 0.0690. The number of carboxylic acids is 1. The van der Waals surface area contributed by atoms with Crippen LogP contribution >= 0.6 is 0 Å². The lowest BCUT2D eigenvalue weighted by Gasteiger charge is -1.94. The molecule has 0 amide bonds. The third kappa shape index (κ3) is 1.37. The molecule has 4 nitrogen and oxygen atoms in total. The smallest absolute Gasteiger partial charge is 0.357 e. The Morgan fingerprint density at radius 3 is 2.64 bits per heavy atom. The second-order valence-electron chi connectivity index (χ2n) is 2.81. The minimum Gasteiger partial charge on any atom is -0.476 e. The molecule has 1 aliphatic carbocycles. The minimum atomic E-state index is -1.02. The highest BCUT2D eigenvalue weighted by molar-refractivity contribution is 5.91. The molecule has 0 fully saturated rings. The number of allylic oxidation sites excluding steroid dienone is 4. The molecule has 2 rings (SSSR count). The van der Waals surface area contributed by atoms with Crippen molar-refractivity contribution < 1.29 is 9.90 Å². The van der Waals surface area contributed by atoms with Gasteiger partial charge in [0.1, 0.15) is 0 Å². The van der Waals surface area contributed by atoms with Gasteiger partial charge in [0.15, 0.2) is 5.69 Å². The summed E-state index contributed by atoms with van der Waals surface area (Å²) in [5.41, 5.74) is 1.37. The Morgan fingerprint density at radius 1 is 1.21 bits per heavy atom. The van der Waals surface area contributed by atoms with E-state index in [0.29, 0.717) is 11.3 Å². The molecule has 0 unspecified atom stereocenters. The number of carbonyl (C=O) groups is 1. The number of fused-ring (bicyclic) bond motifs is 1. The van der Waals surface area contributed by atoms with Gasteiger partial charge in [0.2, 0.25) is 0 Å². The van der Waals surface area contributed by atoms with Gasteiger partial charge in [-0.05, 0) is 6.08 Å². The third-order valence-electron chi connectivity index (χ3n) is 1.90. The topological polar surface area (TPSA) is 66.0 Å². The molecular weight excluding hydrogens is 180 g/mol. The molecule has 1 aromatic rings. The largest absolute Gasteiger partial charge is 0.476 e. The second-order valence-corrected chi connectivity index (χ2v) is 2.81. The van der Waals surface area contributed by atoms with Gasteiger partial charge in [-0.1, -0.05) is 30.4 Å². The molecular formula is C10H8N2O2. The summed E-state index contributed by atoms with van der Waals surface area (Å²) >= 11 is 0. The van der Waals surface area contributed by atoms with Crippen LogP contribution < -0.4 is 0 Å². The number of nitrogens with one attached hydrogen (secondary N) is 1. The van der Waals surface area contributed by atoms with Gasteiger partial charge in [0.25, 0.3) is 0 Å². The van der Waals surface area contributed by atoms with Crippen molar-refractivity contribution in [1.82, 2.24) is 10.2 Å². The molecule has 0 radical (unpaired) electrons. The molecule has 4 heteroatoms. The number of carboxylic acid groups (broad SMARTS) is 1. The maximum atomic E-state index is 10.8. The Kier molecular flexibility index (Phi) is 2.02. The van der Waals surface area contributed by atoms with Gasteiger partial charge >= 0.3 is 5.97 Å². The van der Waals surface area contributed by atoms with E-state index >= 15 is 0 Å². The number of rotatable bonds is 1. The lowest BCUT2D eigenvalue weighted by atomic mass is 10.1. The van der Waals surface area contributed by atoms with Gasteiger partial charge in [-0.3, -0.25) is 5.10 Å². The number of aromatic amines is 1. The first-order chi connectivity index (χ1) is 6.79. The molecule has 2 N–H and O–H groups in total. The molecule has 0 bridgehead atoms. The molecule has 1 aromatic heterocycles. The van der Waals surface area contributed by atoms with Crippen LogP contribution in [0, 0.1) is 0 Å². The van der Waals surface area contributed by atoms with Crippen molar-refractivity contribution in [2.75, 3.05) is 0 Å². The Morgan fingerprint density at radius 2 is 1.93 bits per heavy atom. The van der Waals surface area contributed by atoms with E-state index in [1.807, 2.05) is 18.2 Å². The van der Waals surface area contributed by atoms with Crippen LogP contribution in [0.2, 0.25) is 0 Å². The Labute approximate surface area is 80.3 Å². The van der Waals surface area contributed by atoms with Gasteiger partial charge in [0.05, 0.1) is 5.69 Å². The highest BCUT2D eigenvalue weighted by Crippen LogP contribution is 2.16. The monoisotopic (exact) mass is 188 g/mol. The van der Waals surface area contributed by atoms with Crippen LogP contribution in [-0.2, 0) is 0 Å². The quantitative estimate of drug-likeness (QED) is 0.704. The van der Waals surface area contributed by atoms with Crippen LogP contribution in [0.25, 0.3) is 12.2 Å². The van der Waals surface area contributed by atoms with Crippen molar-refractivity contribution in [2.45, 2.75) is 0 Å². The molecule has 0 saturated carbocycles. The SMILES string of the molecule is O=C(O)c1n[nH]c2c1\C=C/C=C\C=C/2. The summed E-state index contributed by atoms with van der Waals surface area (Å²) in [6, 6.07) is 0. The number of aromatic nitrogens is 2. The summed E-state index contributed by atoms with van der Waals surface area (Å²) in [5, 5.41) is 15.2. The van der Waals surface area contributed by atoms with Crippen LogP contribution in [0.15, 0.2) is 24.3 Å². The maximum absolute atomic E-state index is 10.8. The predicted octanol–water partition coefficient (Wildman–Crippen LogP) is 1.70. The van der Waals surface area contributed by atoms with Gasteiger partial charge in [-0.25, -0.2) is 4.79 Å². The van der Waals surface area contributed by atoms with E-state index in [9.17, 15) is 4.79 Å². The van der Waals surface area contributed by atoms with Crippen molar-refractivity contribution in [3.63, 3.8) is 0 Å². The first-order valence-corrected chi connectivity index (χ1v) is 4.12. The normalized spacial score (nSPS) is 20.3. The molecule has 1 heterocycles. The zero-order valence-electron chi connectivity index (χ0n) is 7.27. The molecule has 0 aliphatic heterocycles. The fraction of sp³-hybridized carbons (Fsp3) is 0. The van der Waals surface area contributed by atoms with Gasteiger partial charge in [0, 0.05) is 5.56 Å². The fourth-order valence-electron chi connectivity index (χ4n) is 1.25. The molecule has 0 atom stereocenters. The van der Waals surface area contributed by atoms with E-state index in [0.717, 1.165) is 0 Å². The van der Waals surface area contributed by atoms with Crippen LogP contribution in [0.4, 0.5) is 0 Å².